The monoisotopic (exact) mass is 279 g/mol. The van der Waals surface area contributed by atoms with Crippen LogP contribution in [-0.4, -0.2) is 30.0 Å². The number of ether oxygens (including phenoxy) is 2. The Balaban J connectivity index is 2.04. The lowest BCUT2D eigenvalue weighted by Crippen LogP contribution is -2.45. The van der Waals surface area contributed by atoms with Crippen molar-refractivity contribution in [1.82, 2.24) is 5.32 Å². The molecule has 20 heavy (non-hydrogen) atoms. The van der Waals surface area contributed by atoms with Crippen LogP contribution in [0, 0.1) is 0 Å². The zero-order valence-corrected chi connectivity index (χ0v) is 12.1. The molecule has 1 aromatic rings. The number of carbonyl (C=O) groups excluding carboxylic acids is 1. The fraction of sp³-hybridized carbons (Fsp3) is 0.533. The highest BCUT2D eigenvalue weighted by Gasteiger charge is 2.36. The number of hydrogen-bond donors (Lipinski definition) is 2. The summed E-state index contributed by atoms with van der Waals surface area (Å²) in [7, 11) is 0. The Morgan fingerprint density at radius 3 is 2.85 bits per heavy atom. The minimum atomic E-state index is -1.12. The van der Waals surface area contributed by atoms with Crippen molar-refractivity contribution in [3.63, 3.8) is 0 Å². The minimum absolute atomic E-state index is 0.0995. The maximum Gasteiger partial charge on any atom is 0.407 e. The normalized spacial score (nSPS) is 21.6. The van der Waals surface area contributed by atoms with Gasteiger partial charge in [0.2, 0.25) is 0 Å². The first-order valence-corrected chi connectivity index (χ1v) is 6.72. The van der Waals surface area contributed by atoms with Crippen LogP contribution >= 0.6 is 0 Å². The standard InChI is InChI=1S/C15H21NO4/c1-14(2,3)20-13(17)16-10-15(18)8-9-19-12-7-5-4-6-11(12)15/h4-7,18H,8-10H2,1-3H3,(H,16,17). The Hall–Kier alpha value is -1.75. The predicted octanol–water partition coefficient (Wildman–Crippen LogP) is 2.18. The first-order chi connectivity index (χ1) is 9.30. The van der Waals surface area contributed by atoms with Crippen molar-refractivity contribution in [1.29, 1.82) is 0 Å². The van der Waals surface area contributed by atoms with Crippen LogP contribution in [0.25, 0.3) is 0 Å². The summed E-state index contributed by atoms with van der Waals surface area (Å²) in [5.74, 6) is 0.659. The lowest BCUT2D eigenvalue weighted by molar-refractivity contribution is -0.00735. The highest BCUT2D eigenvalue weighted by atomic mass is 16.6. The summed E-state index contributed by atoms with van der Waals surface area (Å²) in [6.45, 7) is 5.91. The third-order valence-electron chi connectivity index (χ3n) is 3.09. The van der Waals surface area contributed by atoms with Gasteiger partial charge in [-0.05, 0) is 26.8 Å². The predicted molar refractivity (Wildman–Crippen MR) is 74.7 cm³/mol. The van der Waals surface area contributed by atoms with Crippen LogP contribution in [-0.2, 0) is 10.3 Å². The van der Waals surface area contributed by atoms with Crippen molar-refractivity contribution in [2.45, 2.75) is 38.4 Å². The Morgan fingerprint density at radius 2 is 2.15 bits per heavy atom. The molecule has 1 aromatic carbocycles. The second kappa shape index (κ2) is 5.32. The van der Waals surface area contributed by atoms with Crippen LogP contribution in [0.1, 0.15) is 32.8 Å². The number of nitrogens with one attached hydrogen (secondary N) is 1. The SMILES string of the molecule is CC(C)(C)OC(=O)NCC1(O)CCOc2ccccc21. The second-order valence-electron chi connectivity index (χ2n) is 5.98. The van der Waals surface area contributed by atoms with Crippen molar-refractivity contribution >= 4 is 6.09 Å². The lowest BCUT2D eigenvalue weighted by atomic mass is 9.88. The summed E-state index contributed by atoms with van der Waals surface area (Å²) in [6.07, 6.45) is -0.102. The molecule has 0 spiro atoms. The Morgan fingerprint density at radius 1 is 1.45 bits per heavy atom. The number of rotatable bonds is 2. The van der Waals surface area contributed by atoms with E-state index in [-0.39, 0.29) is 6.54 Å². The number of hydrogen-bond acceptors (Lipinski definition) is 4. The first kappa shape index (κ1) is 14.7. The minimum Gasteiger partial charge on any atom is -0.493 e. The van der Waals surface area contributed by atoms with Crippen LogP contribution in [0.3, 0.4) is 0 Å². The third kappa shape index (κ3) is 3.42. The Bertz CT molecular complexity index is 495. The number of benzene rings is 1. The molecule has 1 unspecified atom stereocenters. The molecule has 1 amide bonds. The van der Waals surface area contributed by atoms with Gasteiger partial charge in [-0.25, -0.2) is 4.79 Å². The molecular weight excluding hydrogens is 258 g/mol. The van der Waals surface area contributed by atoms with Crippen molar-refractivity contribution in [3.8, 4) is 5.75 Å². The van der Waals surface area contributed by atoms with Crippen molar-refractivity contribution in [3.05, 3.63) is 29.8 Å². The summed E-state index contributed by atoms with van der Waals surface area (Å²) in [5.41, 5.74) is -0.978. The molecular formula is C15H21NO4. The van der Waals surface area contributed by atoms with E-state index in [4.69, 9.17) is 9.47 Å². The van der Waals surface area contributed by atoms with E-state index in [1.54, 1.807) is 20.8 Å². The highest BCUT2D eigenvalue weighted by molar-refractivity contribution is 5.67. The van der Waals surface area contributed by atoms with Gasteiger partial charge in [-0.2, -0.15) is 0 Å². The maximum atomic E-state index is 11.7. The summed E-state index contributed by atoms with van der Waals surface area (Å²) in [4.78, 5) is 11.7. The van der Waals surface area contributed by atoms with Crippen LogP contribution in [0.15, 0.2) is 24.3 Å². The summed E-state index contributed by atoms with van der Waals surface area (Å²) >= 11 is 0. The van der Waals surface area contributed by atoms with E-state index in [1.807, 2.05) is 24.3 Å². The van der Waals surface area contributed by atoms with Crippen LogP contribution in [0.4, 0.5) is 4.79 Å². The molecule has 0 aliphatic carbocycles. The maximum absolute atomic E-state index is 11.7. The molecule has 110 valence electrons. The molecule has 5 nitrogen and oxygen atoms in total. The number of aliphatic hydroxyl groups is 1. The van der Waals surface area contributed by atoms with Crippen molar-refractivity contribution < 1.29 is 19.4 Å². The van der Waals surface area contributed by atoms with Gasteiger partial charge >= 0.3 is 6.09 Å². The van der Waals surface area contributed by atoms with E-state index in [2.05, 4.69) is 5.32 Å². The molecule has 0 saturated heterocycles. The molecule has 0 saturated carbocycles. The quantitative estimate of drug-likeness (QED) is 0.870. The van der Waals surface area contributed by atoms with Crippen LogP contribution in [0.2, 0.25) is 0 Å². The Kier molecular flexibility index (Phi) is 3.90. The number of amides is 1. The molecule has 0 fully saturated rings. The van der Waals surface area contributed by atoms with Gasteiger partial charge in [0.1, 0.15) is 17.0 Å². The summed E-state index contributed by atoms with van der Waals surface area (Å²) in [6, 6.07) is 7.32. The fourth-order valence-electron chi connectivity index (χ4n) is 2.16. The zero-order valence-electron chi connectivity index (χ0n) is 12.1. The van der Waals surface area contributed by atoms with E-state index < -0.39 is 17.3 Å². The molecule has 1 aliphatic heterocycles. The molecule has 0 bridgehead atoms. The summed E-state index contributed by atoms with van der Waals surface area (Å²) in [5, 5.41) is 13.3. The van der Waals surface area contributed by atoms with Gasteiger partial charge in [-0.1, -0.05) is 18.2 Å². The summed E-state index contributed by atoms with van der Waals surface area (Å²) < 4.78 is 10.7. The Labute approximate surface area is 118 Å². The van der Waals surface area contributed by atoms with Gasteiger partial charge in [0.25, 0.3) is 0 Å². The number of para-hydroxylation sites is 1. The van der Waals surface area contributed by atoms with E-state index in [0.717, 1.165) is 0 Å². The van der Waals surface area contributed by atoms with Gasteiger partial charge < -0.3 is 19.9 Å². The number of alkyl carbamates (subject to hydrolysis) is 1. The zero-order chi connectivity index (χ0) is 14.8. The molecule has 1 aliphatic rings. The average molecular weight is 279 g/mol. The van der Waals surface area contributed by atoms with Crippen molar-refractivity contribution in [2.75, 3.05) is 13.2 Å². The van der Waals surface area contributed by atoms with Crippen LogP contribution in [0.5, 0.6) is 5.75 Å². The highest BCUT2D eigenvalue weighted by Crippen LogP contribution is 2.36. The lowest BCUT2D eigenvalue weighted by Gasteiger charge is -2.34. The molecule has 1 atom stereocenters. The van der Waals surface area contributed by atoms with E-state index in [1.165, 1.54) is 0 Å². The molecule has 0 aromatic heterocycles. The largest absolute Gasteiger partial charge is 0.493 e. The first-order valence-electron chi connectivity index (χ1n) is 6.72. The topological polar surface area (TPSA) is 67.8 Å². The number of fused-ring (bicyclic) bond motifs is 1. The number of carbonyl (C=O) groups is 1. The van der Waals surface area contributed by atoms with Gasteiger partial charge in [0.05, 0.1) is 13.2 Å². The van der Waals surface area contributed by atoms with E-state index in [9.17, 15) is 9.90 Å². The molecule has 1 heterocycles. The molecule has 2 rings (SSSR count). The smallest absolute Gasteiger partial charge is 0.407 e. The van der Waals surface area contributed by atoms with Gasteiger partial charge in [0.15, 0.2) is 0 Å². The van der Waals surface area contributed by atoms with E-state index in [0.29, 0.717) is 24.3 Å². The molecule has 5 heteroatoms. The second-order valence-corrected chi connectivity index (χ2v) is 5.98. The van der Waals surface area contributed by atoms with E-state index >= 15 is 0 Å². The fourth-order valence-corrected chi connectivity index (χ4v) is 2.16. The van der Waals surface area contributed by atoms with Gasteiger partial charge in [-0.3, -0.25) is 0 Å². The average Bonchev–Trinajstić information content (AvgIpc) is 2.35. The molecule has 2 N–H and O–H groups in total. The van der Waals surface area contributed by atoms with Gasteiger partial charge in [0, 0.05) is 12.0 Å². The molecule has 0 radical (unpaired) electrons. The third-order valence-corrected chi connectivity index (χ3v) is 3.09. The van der Waals surface area contributed by atoms with Gasteiger partial charge in [-0.15, -0.1) is 0 Å². The van der Waals surface area contributed by atoms with Crippen LogP contribution < -0.4 is 10.1 Å². The van der Waals surface area contributed by atoms with Crippen molar-refractivity contribution in [2.24, 2.45) is 0 Å².